The van der Waals surface area contributed by atoms with E-state index in [4.69, 9.17) is 4.74 Å². The number of aliphatic hydroxyl groups is 1. The number of hydrogen-bond acceptors (Lipinski definition) is 3. The zero-order valence-corrected chi connectivity index (χ0v) is 10.8. The van der Waals surface area contributed by atoms with Gasteiger partial charge in [-0.15, -0.1) is 0 Å². The van der Waals surface area contributed by atoms with Gasteiger partial charge < -0.3 is 9.84 Å². The Hall–Kier alpha value is -1.35. The fraction of sp³-hybridized carbons (Fsp3) is 0.533. The Kier molecular flexibility index (Phi) is 4.02. The first-order chi connectivity index (χ1) is 8.65. The van der Waals surface area contributed by atoms with Gasteiger partial charge in [-0.05, 0) is 43.7 Å². The van der Waals surface area contributed by atoms with Crippen molar-refractivity contribution in [1.82, 2.24) is 0 Å². The monoisotopic (exact) mass is 248 g/mol. The van der Waals surface area contributed by atoms with Gasteiger partial charge in [0.25, 0.3) is 0 Å². The summed E-state index contributed by atoms with van der Waals surface area (Å²) in [7, 11) is 0. The first-order valence-corrected chi connectivity index (χ1v) is 6.62. The number of aryl methyl sites for hydroxylation is 1. The van der Waals surface area contributed by atoms with Gasteiger partial charge in [-0.25, -0.2) is 0 Å². The van der Waals surface area contributed by atoms with E-state index in [9.17, 15) is 9.90 Å². The summed E-state index contributed by atoms with van der Waals surface area (Å²) in [6.45, 7) is 2.14. The molecule has 1 aromatic carbocycles. The van der Waals surface area contributed by atoms with Gasteiger partial charge in [0.2, 0.25) is 0 Å². The fourth-order valence-electron chi connectivity index (χ4n) is 2.69. The molecule has 18 heavy (non-hydrogen) atoms. The molecule has 3 heteroatoms. The van der Waals surface area contributed by atoms with E-state index in [1.165, 1.54) is 0 Å². The minimum atomic E-state index is -1.06. The van der Waals surface area contributed by atoms with Crippen molar-refractivity contribution >= 4 is 5.97 Å². The van der Waals surface area contributed by atoms with Gasteiger partial charge >= 0.3 is 5.97 Å². The molecule has 1 aromatic rings. The lowest BCUT2D eigenvalue weighted by molar-refractivity contribution is -0.149. The Bertz CT molecular complexity index is 428. The van der Waals surface area contributed by atoms with Crippen LogP contribution in [-0.2, 0) is 21.6 Å². The van der Waals surface area contributed by atoms with Gasteiger partial charge in [-0.3, -0.25) is 4.79 Å². The molecular formula is C15H20O3. The first-order valence-electron chi connectivity index (χ1n) is 6.62. The van der Waals surface area contributed by atoms with Crippen molar-refractivity contribution in [2.45, 2.75) is 44.6 Å². The third kappa shape index (κ3) is 2.72. The molecule has 3 nitrogen and oxygen atoms in total. The van der Waals surface area contributed by atoms with Crippen LogP contribution in [0, 0.1) is 0 Å². The molecule has 0 aromatic heterocycles. The van der Waals surface area contributed by atoms with Gasteiger partial charge in [0, 0.05) is 0 Å². The third-order valence-electron chi connectivity index (χ3n) is 3.55. The van der Waals surface area contributed by atoms with Crippen molar-refractivity contribution in [2.24, 2.45) is 0 Å². The molecule has 0 fully saturated rings. The second-order valence-corrected chi connectivity index (χ2v) is 4.88. The van der Waals surface area contributed by atoms with Crippen molar-refractivity contribution in [1.29, 1.82) is 0 Å². The molecule has 0 radical (unpaired) electrons. The summed E-state index contributed by atoms with van der Waals surface area (Å²) in [5, 5.41) is 10.8. The number of ether oxygens (including phenoxy) is 1. The first kappa shape index (κ1) is 13.1. The molecule has 0 spiro atoms. The molecule has 1 N–H and O–H groups in total. The molecule has 1 aliphatic rings. The maximum Gasteiger partial charge on any atom is 0.309 e. The highest BCUT2D eigenvalue weighted by atomic mass is 16.5. The highest BCUT2D eigenvalue weighted by Crippen LogP contribution is 2.36. The lowest BCUT2D eigenvalue weighted by atomic mass is 9.85. The number of esters is 1. The van der Waals surface area contributed by atoms with Crippen LogP contribution in [0.1, 0.15) is 43.7 Å². The predicted octanol–water partition coefficient (Wildman–Crippen LogP) is 2.55. The van der Waals surface area contributed by atoms with Crippen LogP contribution in [-0.4, -0.2) is 17.7 Å². The summed E-state index contributed by atoms with van der Waals surface area (Å²) < 4.78 is 4.97. The highest BCUT2D eigenvalue weighted by molar-refractivity contribution is 5.71. The van der Waals surface area contributed by atoms with Crippen molar-refractivity contribution in [3.8, 4) is 0 Å². The van der Waals surface area contributed by atoms with Crippen molar-refractivity contribution in [3.63, 3.8) is 0 Å². The van der Waals surface area contributed by atoms with Crippen molar-refractivity contribution in [3.05, 3.63) is 35.4 Å². The van der Waals surface area contributed by atoms with E-state index in [1.54, 1.807) is 6.92 Å². The summed E-state index contributed by atoms with van der Waals surface area (Å²) >= 11 is 0. The third-order valence-corrected chi connectivity index (χ3v) is 3.55. The maximum atomic E-state index is 11.7. The van der Waals surface area contributed by atoms with Gasteiger partial charge in [0.05, 0.1) is 13.0 Å². The Labute approximate surface area is 108 Å². The van der Waals surface area contributed by atoms with Gasteiger partial charge in [-0.1, -0.05) is 24.3 Å². The van der Waals surface area contributed by atoms with Crippen LogP contribution in [0.2, 0.25) is 0 Å². The Morgan fingerprint density at radius 3 is 2.94 bits per heavy atom. The minimum absolute atomic E-state index is 0.0534. The van der Waals surface area contributed by atoms with Crippen LogP contribution in [0.5, 0.6) is 0 Å². The SMILES string of the molecule is CCOC(=O)CC1(O)CCCCc2ccccc21. The Morgan fingerprint density at radius 1 is 1.39 bits per heavy atom. The maximum absolute atomic E-state index is 11.7. The molecule has 98 valence electrons. The number of rotatable bonds is 3. The van der Waals surface area contributed by atoms with E-state index in [-0.39, 0.29) is 12.4 Å². The summed E-state index contributed by atoms with van der Waals surface area (Å²) in [6, 6.07) is 7.87. The van der Waals surface area contributed by atoms with Crippen molar-refractivity contribution < 1.29 is 14.6 Å². The van der Waals surface area contributed by atoms with Gasteiger partial charge in [0.15, 0.2) is 0 Å². The second-order valence-electron chi connectivity index (χ2n) is 4.88. The van der Waals surface area contributed by atoms with Crippen LogP contribution in [0.15, 0.2) is 24.3 Å². The van der Waals surface area contributed by atoms with Crippen LogP contribution in [0.4, 0.5) is 0 Å². The standard InChI is InChI=1S/C15H20O3/c1-2-18-14(16)11-15(17)10-6-5-8-12-7-3-4-9-13(12)15/h3-4,7,9,17H,2,5-6,8,10-11H2,1H3. The van der Waals surface area contributed by atoms with Crippen LogP contribution >= 0.6 is 0 Å². The summed E-state index contributed by atoms with van der Waals surface area (Å²) in [6.07, 6.45) is 3.65. The lowest BCUT2D eigenvalue weighted by Crippen LogP contribution is -2.30. The van der Waals surface area contributed by atoms with E-state index >= 15 is 0 Å². The largest absolute Gasteiger partial charge is 0.466 e. The quantitative estimate of drug-likeness (QED) is 0.660. The minimum Gasteiger partial charge on any atom is -0.466 e. The normalized spacial score (nSPS) is 23.0. The second kappa shape index (κ2) is 5.53. The smallest absolute Gasteiger partial charge is 0.309 e. The molecule has 0 aliphatic heterocycles. The topological polar surface area (TPSA) is 46.5 Å². The average Bonchev–Trinajstić information content (AvgIpc) is 2.50. The molecule has 0 heterocycles. The molecule has 1 atom stereocenters. The average molecular weight is 248 g/mol. The zero-order chi connectivity index (χ0) is 13.0. The molecule has 0 bridgehead atoms. The Morgan fingerprint density at radius 2 is 2.17 bits per heavy atom. The number of fused-ring (bicyclic) bond motifs is 1. The van der Waals surface area contributed by atoms with E-state index in [0.29, 0.717) is 13.0 Å². The summed E-state index contributed by atoms with van der Waals surface area (Å²) in [4.78, 5) is 11.7. The number of carbonyl (C=O) groups excluding carboxylic acids is 1. The zero-order valence-electron chi connectivity index (χ0n) is 10.8. The van der Waals surface area contributed by atoms with Crippen LogP contribution < -0.4 is 0 Å². The number of carbonyl (C=O) groups is 1. The van der Waals surface area contributed by atoms with E-state index < -0.39 is 5.60 Å². The van der Waals surface area contributed by atoms with Crippen molar-refractivity contribution in [2.75, 3.05) is 6.61 Å². The van der Waals surface area contributed by atoms with Crippen LogP contribution in [0.3, 0.4) is 0 Å². The fourth-order valence-corrected chi connectivity index (χ4v) is 2.69. The number of benzene rings is 1. The molecule has 1 aliphatic carbocycles. The molecule has 1 unspecified atom stereocenters. The molecular weight excluding hydrogens is 228 g/mol. The predicted molar refractivity (Wildman–Crippen MR) is 69.1 cm³/mol. The van der Waals surface area contributed by atoms with Gasteiger partial charge in [-0.2, -0.15) is 0 Å². The van der Waals surface area contributed by atoms with Gasteiger partial charge in [0.1, 0.15) is 5.60 Å². The lowest BCUT2D eigenvalue weighted by Gasteiger charge is -2.27. The Balaban J connectivity index is 2.28. The number of hydrogen-bond donors (Lipinski definition) is 1. The molecule has 0 amide bonds. The summed E-state index contributed by atoms with van der Waals surface area (Å²) in [5.41, 5.74) is 0.997. The molecule has 0 saturated carbocycles. The van der Waals surface area contributed by atoms with E-state index in [2.05, 4.69) is 0 Å². The van der Waals surface area contributed by atoms with E-state index in [1.807, 2.05) is 24.3 Å². The van der Waals surface area contributed by atoms with E-state index in [0.717, 1.165) is 30.4 Å². The molecule has 2 rings (SSSR count). The molecule has 0 saturated heterocycles. The highest BCUT2D eigenvalue weighted by Gasteiger charge is 2.35. The summed E-state index contributed by atoms with van der Waals surface area (Å²) in [5.74, 6) is -0.322. The van der Waals surface area contributed by atoms with Crippen LogP contribution in [0.25, 0.3) is 0 Å².